The SMILES string of the molecule is CCCC/C=C\CCCCCCCC(=O)OC(COCCCCCCCCCCCC/C=C\C/C=C\CCCCC)COC(=O)CCCCCCCCCCC/C=C\C/C=C\CCCCC. The third-order valence-corrected chi connectivity index (χ3v) is 12.5. The number of hydrogen-bond donors (Lipinski definition) is 0. The Kier molecular flexibility index (Phi) is 54.9. The molecule has 0 aliphatic heterocycles. The summed E-state index contributed by atoms with van der Waals surface area (Å²) in [6, 6.07) is 0. The van der Waals surface area contributed by atoms with Gasteiger partial charge < -0.3 is 14.2 Å². The molecule has 0 aliphatic rings. The largest absolute Gasteiger partial charge is 0.462 e. The van der Waals surface area contributed by atoms with Crippen LogP contribution in [0.5, 0.6) is 0 Å². The summed E-state index contributed by atoms with van der Waals surface area (Å²) in [5.74, 6) is -0.405. The molecule has 1 unspecified atom stereocenters. The van der Waals surface area contributed by atoms with E-state index in [1.807, 2.05) is 0 Å². The van der Waals surface area contributed by atoms with Crippen molar-refractivity contribution >= 4 is 11.9 Å². The molecule has 0 spiro atoms. The van der Waals surface area contributed by atoms with E-state index in [0.717, 1.165) is 64.2 Å². The lowest BCUT2D eigenvalue weighted by Gasteiger charge is -2.18. The van der Waals surface area contributed by atoms with E-state index in [4.69, 9.17) is 14.2 Å². The zero-order chi connectivity index (χ0) is 47.7. The van der Waals surface area contributed by atoms with E-state index in [0.29, 0.717) is 19.4 Å². The summed E-state index contributed by atoms with van der Waals surface area (Å²) in [5, 5.41) is 0. The molecule has 0 heterocycles. The first-order chi connectivity index (χ1) is 32.6. The minimum atomic E-state index is -0.544. The minimum Gasteiger partial charge on any atom is -0.462 e. The van der Waals surface area contributed by atoms with Gasteiger partial charge in [-0.15, -0.1) is 0 Å². The van der Waals surface area contributed by atoms with Gasteiger partial charge in [0.2, 0.25) is 0 Å². The van der Waals surface area contributed by atoms with Crippen LogP contribution in [0, 0.1) is 0 Å². The second kappa shape index (κ2) is 56.9. The van der Waals surface area contributed by atoms with Crippen LogP contribution in [0.3, 0.4) is 0 Å². The van der Waals surface area contributed by atoms with Crippen LogP contribution in [0.15, 0.2) is 60.8 Å². The van der Waals surface area contributed by atoms with E-state index >= 15 is 0 Å². The zero-order valence-electron chi connectivity index (χ0n) is 44.2. The van der Waals surface area contributed by atoms with Crippen LogP contribution < -0.4 is 0 Å². The monoisotopic (exact) mass is 923 g/mol. The first kappa shape index (κ1) is 63.6. The Morgan fingerprint density at radius 1 is 0.333 bits per heavy atom. The van der Waals surface area contributed by atoms with Gasteiger partial charge in [-0.25, -0.2) is 0 Å². The Hall–Kier alpha value is -2.40. The number of rotatable bonds is 53. The first-order valence-electron chi connectivity index (χ1n) is 28.8. The molecular formula is C61H110O5. The maximum absolute atomic E-state index is 12.8. The number of esters is 2. The fraction of sp³-hybridized carbons (Fsp3) is 0.803. The van der Waals surface area contributed by atoms with Gasteiger partial charge in [-0.05, 0) is 103 Å². The molecule has 0 rings (SSSR count). The van der Waals surface area contributed by atoms with Crippen molar-refractivity contribution in [1.29, 1.82) is 0 Å². The molecule has 0 fully saturated rings. The number of allylic oxidation sites excluding steroid dienone is 10. The molecule has 5 nitrogen and oxygen atoms in total. The van der Waals surface area contributed by atoms with E-state index in [1.165, 1.54) is 193 Å². The van der Waals surface area contributed by atoms with Gasteiger partial charge in [-0.2, -0.15) is 0 Å². The number of hydrogen-bond acceptors (Lipinski definition) is 5. The molecule has 0 aromatic heterocycles. The van der Waals surface area contributed by atoms with Crippen molar-refractivity contribution in [3.63, 3.8) is 0 Å². The zero-order valence-corrected chi connectivity index (χ0v) is 44.2. The predicted molar refractivity (Wildman–Crippen MR) is 288 cm³/mol. The Morgan fingerprint density at radius 2 is 0.652 bits per heavy atom. The molecule has 0 aromatic rings. The molecule has 1 atom stereocenters. The third kappa shape index (κ3) is 54.2. The highest BCUT2D eigenvalue weighted by Crippen LogP contribution is 2.15. The van der Waals surface area contributed by atoms with Crippen LogP contribution in [0.2, 0.25) is 0 Å². The maximum Gasteiger partial charge on any atom is 0.306 e. The lowest BCUT2D eigenvalue weighted by atomic mass is 10.1. The Labute approximate surface area is 411 Å². The van der Waals surface area contributed by atoms with E-state index in [1.54, 1.807) is 0 Å². The van der Waals surface area contributed by atoms with Gasteiger partial charge in [0, 0.05) is 19.4 Å². The lowest BCUT2D eigenvalue weighted by Crippen LogP contribution is -2.30. The Morgan fingerprint density at radius 3 is 1.06 bits per heavy atom. The molecule has 0 N–H and O–H groups in total. The van der Waals surface area contributed by atoms with E-state index < -0.39 is 6.10 Å². The fourth-order valence-electron chi connectivity index (χ4n) is 8.14. The molecule has 0 bridgehead atoms. The molecule has 0 radical (unpaired) electrons. The normalized spacial score (nSPS) is 12.6. The third-order valence-electron chi connectivity index (χ3n) is 12.5. The molecule has 0 saturated heterocycles. The lowest BCUT2D eigenvalue weighted by molar-refractivity contribution is -0.163. The van der Waals surface area contributed by atoms with Crippen LogP contribution in [0.25, 0.3) is 0 Å². The topological polar surface area (TPSA) is 61.8 Å². The minimum absolute atomic E-state index is 0.0792. The molecular weight excluding hydrogens is 813 g/mol. The fourth-order valence-corrected chi connectivity index (χ4v) is 8.14. The molecule has 0 amide bonds. The van der Waals surface area contributed by atoms with Crippen molar-refractivity contribution in [3.05, 3.63) is 60.8 Å². The van der Waals surface area contributed by atoms with Crippen LogP contribution in [-0.2, 0) is 23.8 Å². The average Bonchev–Trinajstić information content (AvgIpc) is 3.32. The maximum atomic E-state index is 12.8. The Balaban J connectivity index is 4.20. The highest BCUT2D eigenvalue weighted by Gasteiger charge is 2.17. The summed E-state index contributed by atoms with van der Waals surface area (Å²) < 4.78 is 17.5. The van der Waals surface area contributed by atoms with Crippen molar-refractivity contribution in [1.82, 2.24) is 0 Å². The van der Waals surface area contributed by atoms with E-state index in [2.05, 4.69) is 81.5 Å². The second-order valence-electron chi connectivity index (χ2n) is 19.2. The number of carbonyl (C=O) groups is 2. The van der Waals surface area contributed by atoms with Gasteiger partial charge in [0.25, 0.3) is 0 Å². The van der Waals surface area contributed by atoms with Crippen LogP contribution in [-0.4, -0.2) is 37.9 Å². The van der Waals surface area contributed by atoms with E-state index in [9.17, 15) is 9.59 Å². The summed E-state index contributed by atoms with van der Waals surface area (Å²) in [4.78, 5) is 25.5. The highest BCUT2D eigenvalue weighted by atomic mass is 16.6. The molecule has 5 heteroatoms. The summed E-state index contributed by atoms with van der Waals surface area (Å²) in [7, 11) is 0. The van der Waals surface area contributed by atoms with Gasteiger partial charge in [-0.3, -0.25) is 9.59 Å². The van der Waals surface area contributed by atoms with Crippen LogP contribution >= 0.6 is 0 Å². The molecule has 0 aromatic carbocycles. The second-order valence-corrected chi connectivity index (χ2v) is 19.2. The summed E-state index contributed by atoms with van der Waals surface area (Å²) in [6.45, 7) is 7.76. The summed E-state index contributed by atoms with van der Waals surface area (Å²) in [5.41, 5.74) is 0. The average molecular weight is 924 g/mol. The quantitative estimate of drug-likeness (QED) is 0.0346. The van der Waals surface area contributed by atoms with Crippen LogP contribution in [0.4, 0.5) is 0 Å². The van der Waals surface area contributed by atoms with Crippen molar-refractivity contribution in [2.45, 2.75) is 297 Å². The number of carbonyl (C=O) groups excluding carboxylic acids is 2. The molecule has 0 aliphatic carbocycles. The van der Waals surface area contributed by atoms with Crippen molar-refractivity contribution in [2.24, 2.45) is 0 Å². The van der Waals surface area contributed by atoms with Crippen LogP contribution in [0.1, 0.15) is 290 Å². The van der Waals surface area contributed by atoms with Gasteiger partial charge >= 0.3 is 11.9 Å². The van der Waals surface area contributed by atoms with Crippen molar-refractivity contribution in [3.8, 4) is 0 Å². The summed E-state index contributed by atoms with van der Waals surface area (Å²) in [6.07, 6.45) is 72.4. The highest BCUT2D eigenvalue weighted by molar-refractivity contribution is 5.70. The first-order valence-corrected chi connectivity index (χ1v) is 28.8. The van der Waals surface area contributed by atoms with Crippen molar-refractivity contribution in [2.75, 3.05) is 19.8 Å². The summed E-state index contributed by atoms with van der Waals surface area (Å²) >= 11 is 0. The van der Waals surface area contributed by atoms with Gasteiger partial charge in [-0.1, -0.05) is 236 Å². The predicted octanol–water partition coefficient (Wildman–Crippen LogP) is 19.7. The van der Waals surface area contributed by atoms with Crippen molar-refractivity contribution < 1.29 is 23.8 Å². The van der Waals surface area contributed by atoms with Gasteiger partial charge in [0.05, 0.1) is 6.61 Å². The number of ether oxygens (including phenoxy) is 3. The Bertz CT molecular complexity index is 1130. The van der Waals surface area contributed by atoms with E-state index in [-0.39, 0.29) is 25.2 Å². The standard InChI is InChI=1S/C61H110O5/c1-4-7-10-13-16-19-22-24-26-28-30-32-34-36-38-41-44-47-50-53-56-64-57-59(66-61(63)55-52-49-46-43-39-21-18-15-12-9-6-3)58-65-60(62)54-51-48-45-42-40-37-35-33-31-29-27-25-23-20-17-14-11-8-5-2/h15-20,24-27,59H,4-14,21-23,28-58H2,1-3H3/b18-15-,19-16-,20-17-,26-24-,27-25-. The smallest absolute Gasteiger partial charge is 0.306 e. The molecule has 0 saturated carbocycles. The number of unbranched alkanes of at least 4 members (excludes halogenated alkanes) is 32. The molecule has 384 valence electrons. The molecule has 66 heavy (non-hydrogen) atoms. The van der Waals surface area contributed by atoms with Gasteiger partial charge in [0.15, 0.2) is 6.10 Å². The van der Waals surface area contributed by atoms with Gasteiger partial charge in [0.1, 0.15) is 6.61 Å².